The van der Waals surface area contributed by atoms with E-state index in [1.54, 1.807) is 18.4 Å². The highest BCUT2D eigenvalue weighted by Crippen LogP contribution is 2.32. The summed E-state index contributed by atoms with van der Waals surface area (Å²) in [5.41, 5.74) is 8.09. The minimum Gasteiger partial charge on any atom is -0.448 e. The van der Waals surface area contributed by atoms with Crippen molar-refractivity contribution in [1.29, 1.82) is 0 Å². The smallest absolute Gasteiger partial charge is 0.197 e. The number of rotatable bonds is 3. The molecule has 26 heavy (non-hydrogen) atoms. The third-order valence-corrected chi connectivity index (χ3v) is 5.04. The molecule has 1 aliphatic heterocycles. The molecule has 0 spiro atoms. The molecule has 0 aliphatic carbocycles. The van der Waals surface area contributed by atoms with Gasteiger partial charge in [0.1, 0.15) is 5.82 Å². The van der Waals surface area contributed by atoms with Gasteiger partial charge >= 0.3 is 0 Å². The second-order valence-electron chi connectivity index (χ2n) is 7.15. The Hall–Kier alpha value is -2.75. The first kappa shape index (κ1) is 16.7. The van der Waals surface area contributed by atoms with E-state index in [1.807, 2.05) is 19.1 Å². The Morgan fingerprint density at radius 2 is 1.77 bits per heavy atom. The number of halogens is 1. The number of fused-ring (bicyclic) bond motifs is 1. The zero-order chi connectivity index (χ0) is 18.3. The molecule has 0 amide bonds. The Morgan fingerprint density at radius 1 is 1.00 bits per heavy atom. The number of hydrogen-bond acceptors (Lipinski definition) is 3. The van der Waals surface area contributed by atoms with Crippen LogP contribution in [0.3, 0.4) is 0 Å². The van der Waals surface area contributed by atoms with E-state index >= 15 is 0 Å². The van der Waals surface area contributed by atoms with Crippen LogP contribution in [0.25, 0.3) is 0 Å². The lowest BCUT2D eigenvalue weighted by atomic mass is 9.98. The molecule has 0 saturated carbocycles. The quantitative estimate of drug-likeness (QED) is 0.661. The fourth-order valence-corrected chi connectivity index (χ4v) is 3.68. The fourth-order valence-electron chi connectivity index (χ4n) is 3.68. The summed E-state index contributed by atoms with van der Waals surface area (Å²) in [4.78, 5) is 2.36. The van der Waals surface area contributed by atoms with Crippen molar-refractivity contribution in [3.63, 3.8) is 0 Å². The molecule has 0 saturated heterocycles. The van der Waals surface area contributed by atoms with Crippen LogP contribution in [0.5, 0.6) is 0 Å². The number of anilines is 3. The van der Waals surface area contributed by atoms with Gasteiger partial charge in [0.25, 0.3) is 0 Å². The zero-order valence-electron chi connectivity index (χ0n) is 15.4. The second-order valence-corrected chi connectivity index (χ2v) is 7.15. The highest BCUT2D eigenvalue weighted by Gasteiger charge is 2.18. The molecular formula is C22H23FN2O. The Morgan fingerprint density at radius 3 is 2.46 bits per heavy atom. The number of benzene rings is 2. The molecular weight excluding hydrogens is 327 g/mol. The van der Waals surface area contributed by atoms with E-state index in [2.05, 4.69) is 36.2 Å². The van der Waals surface area contributed by atoms with Crippen molar-refractivity contribution in [2.45, 2.75) is 33.7 Å². The lowest BCUT2D eigenvalue weighted by Gasteiger charge is -2.31. The van der Waals surface area contributed by atoms with Crippen LogP contribution in [-0.4, -0.2) is 6.54 Å². The standard InChI is InChI=1S/C22H23FN2O/c1-14-8-21(26-13-14)24-22-15(2)9-20(10-16(22)3)25-7-6-17-11-19(23)5-4-18(17)12-25/h4-5,8-11,13,24H,6-7,12H2,1-3H3. The molecule has 0 fully saturated rings. The lowest BCUT2D eigenvalue weighted by Crippen LogP contribution is -2.30. The van der Waals surface area contributed by atoms with E-state index in [1.165, 1.54) is 22.4 Å². The van der Waals surface area contributed by atoms with E-state index < -0.39 is 0 Å². The molecule has 1 N–H and O–H groups in total. The maximum absolute atomic E-state index is 13.4. The average Bonchev–Trinajstić information content (AvgIpc) is 3.02. The Kier molecular flexibility index (Phi) is 4.19. The van der Waals surface area contributed by atoms with E-state index in [9.17, 15) is 4.39 Å². The van der Waals surface area contributed by atoms with Crippen molar-refractivity contribution in [2.75, 3.05) is 16.8 Å². The Balaban J connectivity index is 1.59. The van der Waals surface area contributed by atoms with Gasteiger partial charge in [-0.2, -0.15) is 0 Å². The molecule has 1 aromatic heterocycles. The summed E-state index contributed by atoms with van der Waals surface area (Å²) in [5.74, 6) is 0.614. The average molecular weight is 350 g/mol. The zero-order valence-corrected chi connectivity index (χ0v) is 15.4. The van der Waals surface area contributed by atoms with Gasteiger partial charge in [0.05, 0.1) is 6.26 Å². The molecule has 3 aromatic rings. The number of aryl methyl sites for hydroxylation is 3. The van der Waals surface area contributed by atoms with Crippen LogP contribution in [0.1, 0.15) is 27.8 Å². The first-order valence-corrected chi connectivity index (χ1v) is 8.95. The maximum Gasteiger partial charge on any atom is 0.197 e. The summed E-state index contributed by atoms with van der Waals surface area (Å²) in [6.07, 6.45) is 2.62. The number of hydrogen-bond donors (Lipinski definition) is 1. The van der Waals surface area contributed by atoms with Crippen molar-refractivity contribution >= 4 is 17.3 Å². The highest BCUT2D eigenvalue weighted by molar-refractivity contribution is 5.69. The van der Waals surface area contributed by atoms with Crippen molar-refractivity contribution in [1.82, 2.24) is 0 Å². The van der Waals surface area contributed by atoms with Gasteiger partial charge < -0.3 is 14.6 Å². The predicted octanol–water partition coefficient (Wildman–Crippen LogP) is 5.65. The van der Waals surface area contributed by atoms with Gasteiger partial charge in [0.15, 0.2) is 5.88 Å². The summed E-state index contributed by atoms with van der Waals surface area (Å²) in [5, 5.41) is 3.39. The summed E-state index contributed by atoms with van der Waals surface area (Å²) in [6.45, 7) is 7.96. The molecule has 4 rings (SSSR count). The van der Waals surface area contributed by atoms with Crippen LogP contribution in [0.15, 0.2) is 47.1 Å². The van der Waals surface area contributed by atoms with E-state index in [4.69, 9.17) is 4.42 Å². The third-order valence-electron chi connectivity index (χ3n) is 5.04. The van der Waals surface area contributed by atoms with E-state index in [0.717, 1.165) is 42.2 Å². The number of furan rings is 1. The van der Waals surface area contributed by atoms with Gasteiger partial charge in [-0.1, -0.05) is 6.07 Å². The van der Waals surface area contributed by atoms with Crippen molar-refractivity contribution in [2.24, 2.45) is 0 Å². The van der Waals surface area contributed by atoms with Gasteiger partial charge in [0, 0.05) is 30.5 Å². The van der Waals surface area contributed by atoms with Crippen LogP contribution in [-0.2, 0) is 13.0 Å². The summed E-state index contributed by atoms with van der Waals surface area (Å²) < 4.78 is 18.9. The number of nitrogens with zero attached hydrogens (tertiary/aromatic N) is 1. The van der Waals surface area contributed by atoms with Gasteiger partial charge in [-0.05, 0) is 79.3 Å². The SMILES string of the molecule is Cc1coc(Nc2c(C)cc(N3CCc4cc(F)ccc4C3)cc2C)c1. The van der Waals surface area contributed by atoms with Gasteiger partial charge in [-0.3, -0.25) is 0 Å². The predicted molar refractivity (Wildman–Crippen MR) is 104 cm³/mol. The molecule has 2 aromatic carbocycles. The summed E-state index contributed by atoms with van der Waals surface area (Å²) in [7, 11) is 0. The Bertz CT molecular complexity index is 938. The number of nitrogens with one attached hydrogen (secondary N) is 1. The molecule has 134 valence electrons. The molecule has 3 nitrogen and oxygen atoms in total. The van der Waals surface area contributed by atoms with Crippen LogP contribution in [0.4, 0.5) is 21.6 Å². The fraction of sp³-hybridized carbons (Fsp3) is 0.273. The highest BCUT2D eigenvalue weighted by atomic mass is 19.1. The molecule has 1 aliphatic rings. The first-order chi connectivity index (χ1) is 12.5. The van der Waals surface area contributed by atoms with Gasteiger partial charge in [-0.25, -0.2) is 4.39 Å². The van der Waals surface area contributed by atoms with Crippen LogP contribution in [0, 0.1) is 26.6 Å². The molecule has 4 heteroatoms. The lowest BCUT2D eigenvalue weighted by molar-refractivity contribution is 0.583. The molecule has 0 bridgehead atoms. The van der Waals surface area contributed by atoms with Gasteiger partial charge in [0.2, 0.25) is 0 Å². The minimum atomic E-state index is -0.146. The topological polar surface area (TPSA) is 28.4 Å². The van der Waals surface area contributed by atoms with Gasteiger partial charge in [-0.15, -0.1) is 0 Å². The molecule has 2 heterocycles. The molecule has 0 unspecified atom stereocenters. The van der Waals surface area contributed by atoms with Crippen LogP contribution < -0.4 is 10.2 Å². The van der Waals surface area contributed by atoms with Crippen LogP contribution in [0.2, 0.25) is 0 Å². The normalized spacial score (nSPS) is 13.6. The summed E-state index contributed by atoms with van der Waals surface area (Å²) >= 11 is 0. The minimum absolute atomic E-state index is 0.146. The monoisotopic (exact) mass is 350 g/mol. The third kappa shape index (κ3) is 3.19. The van der Waals surface area contributed by atoms with E-state index in [-0.39, 0.29) is 5.82 Å². The van der Waals surface area contributed by atoms with Crippen molar-refractivity contribution in [3.05, 3.63) is 76.3 Å². The largest absolute Gasteiger partial charge is 0.448 e. The molecule has 0 atom stereocenters. The Labute approximate surface area is 153 Å². The van der Waals surface area contributed by atoms with Crippen molar-refractivity contribution in [3.8, 4) is 0 Å². The van der Waals surface area contributed by atoms with Crippen molar-refractivity contribution < 1.29 is 8.81 Å². The second kappa shape index (κ2) is 6.52. The van der Waals surface area contributed by atoms with E-state index in [0.29, 0.717) is 0 Å². The summed E-state index contributed by atoms with van der Waals surface area (Å²) in [6, 6.07) is 11.5. The first-order valence-electron chi connectivity index (χ1n) is 8.95. The maximum atomic E-state index is 13.4. The van der Waals surface area contributed by atoms with Crippen LogP contribution >= 0.6 is 0 Å². The molecule has 0 radical (unpaired) electrons.